The number of hydrogen-bond donors (Lipinski definition) is 2. The summed E-state index contributed by atoms with van der Waals surface area (Å²) in [5.41, 5.74) is 2.26. The Morgan fingerprint density at radius 2 is 2.26 bits per heavy atom. The summed E-state index contributed by atoms with van der Waals surface area (Å²) >= 11 is 0. The molecular weight excluding hydrogens is 246 g/mol. The number of hydrogen-bond acceptors (Lipinski definition) is 5. The fourth-order valence-electron chi connectivity index (χ4n) is 2.27. The van der Waals surface area contributed by atoms with Gasteiger partial charge in [0.05, 0.1) is 6.54 Å². The molecule has 0 unspecified atom stereocenters. The number of nitrogens with one attached hydrogen (secondary N) is 1. The molecule has 2 aromatic rings. The lowest BCUT2D eigenvalue weighted by atomic mass is 10.2. The van der Waals surface area contributed by atoms with Crippen LogP contribution in [-0.4, -0.2) is 21.0 Å². The molecule has 0 saturated heterocycles. The molecule has 3 rings (SSSR count). The Morgan fingerprint density at radius 1 is 1.37 bits per heavy atom. The first-order valence-corrected chi connectivity index (χ1v) is 6.12. The van der Waals surface area contributed by atoms with E-state index in [-0.39, 0.29) is 5.76 Å². The van der Waals surface area contributed by atoms with Crippen molar-refractivity contribution in [2.75, 3.05) is 5.32 Å². The van der Waals surface area contributed by atoms with E-state index < -0.39 is 5.97 Å². The van der Waals surface area contributed by atoms with Crippen LogP contribution in [0.1, 0.15) is 34.0 Å². The molecule has 0 bridgehead atoms. The molecule has 0 spiro atoms. The van der Waals surface area contributed by atoms with E-state index in [4.69, 9.17) is 9.52 Å². The van der Waals surface area contributed by atoms with Crippen molar-refractivity contribution < 1.29 is 14.3 Å². The van der Waals surface area contributed by atoms with Gasteiger partial charge in [-0.15, -0.1) is 0 Å². The Balaban J connectivity index is 1.72. The van der Waals surface area contributed by atoms with Crippen molar-refractivity contribution in [2.45, 2.75) is 25.8 Å². The highest BCUT2D eigenvalue weighted by Crippen LogP contribution is 2.25. The molecule has 0 atom stereocenters. The molecule has 0 amide bonds. The van der Waals surface area contributed by atoms with Crippen LogP contribution in [0.3, 0.4) is 0 Å². The van der Waals surface area contributed by atoms with Gasteiger partial charge in [-0.05, 0) is 31.4 Å². The Hall–Kier alpha value is -2.37. The summed E-state index contributed by atoms with van der Waals surface area (Å²) in [6, 6.07) is 3.10. The van der Waals surface area contributed by atoms with E-state index in [1.165, 1.54) is 6.07 Å². The molecule has 1 aliphatic rings. The summed E-state index contributed by atoms with van der Waals surface area (Å²) in [4.78, 5) is 19.2. The van der Waals surface area contributed by atoms with Gasteiger partial charge in [0.15, 0.2) is 0 Å². The van der Waals surface area contributed by atoms with Crippen molar-refractivity contribution in [3.8, 4) is 0 Å². The topological polar surface area (TPSA) is 88.2 Å². The van der Waals surface area contributed by atoms with E-state index in [0.717, 1.165) is 36.3 Å². The van der Waals surface area contributed by atoms with Crippen LogP contribution < -0.4 is 5.32 Å². The maximum Gasteiger partial charge on any atom is 0.371 e. The molecule has 6 nitrogen and oxygen atoms in total. The Labute approximate surface area is 109 Å². The second-order valence-corrected chi connectivity index (χ2v) is 4.43. The molecule has 0 saturated carbocycles. The van der Waals surface area contributed by atoms with E-state index >= 15 is 0 Å². The third-order valence-corrected chi connectivity index (χ3v) is 3.18. The van der Waals surface area contributed by atoms with Crippen LogP contribution in [0.4, 0.5) is 5.82 Å². The van der Waals surface area contributed by atoms with E-state index in [2.05, 4.69) is 15.3 Å². The van der Waals surface area contributed by atoms with Crippen molar-refractivity contribution in [3.63, 3.8) is 0 Å². The average Bonchev–Trinajstić information content (AvgIpc) is 3.05. The van der Waals surface area contributed by atoms with E-state index in [0.29, 0.717) is 12.3 Å². The maximum absolute atomic E-state index is 10.7. The van der Waals surface area contributed by atoms with E-state index in [1.54, 1.807) is 12.4 Å². The number of fused-ring (bicyclic) bond motifs is 1. The SMILES string of the molecule is O=C(O)c1ccc(CNc2ncnc3c2CCC3)o1. The first-order valence-electron chi connectivity index (χ1n) is 6.12. The lowest BCUT2D eigenvalue weighted by molar-refractivity contribution is 0.0660. The van der Waals surface area contributed by atoms with Gasteiger partial charge in [-0.1, -0.05) is 0 Å². The molecule has 2 aromatic heterocycles. The molecular formula is C13H13N3O3. The van der Waals surface area contributed by atoms with Gasteiger partial charge in [0, 0.05) is 11.3 Å². The van der Waals surface area contributed by atoms with Crippen molar-refractivity contribution >= 4 is 11.8 Å². The van der Waals surface area contributed by atoms with Gasteiger partial charge >= 0.3 is 5.97 Å². The van der Waals surface area contributed by atoms with Crippen molar-refractivity contribution in [1.82, 2.24) is 9.97 Å². The number of carboxylic acids is 1. The number of carboxylic acid groups (broad SMARTS) is 1. The monoisotopic (exact) mass is 259 g/mol. The summed E-state index contributed by atoms with van der Waals surface area (Å²) in [7, 11) is 0. The molecule has 0 aromatic carbocycles. The number of nitrogens with zero attached hydrogens (tertiary/aromatic N) is 2. The quantitative estimate of drug-likeness (QED) is 0.871. The van der Waals surface area contributed by atoms with Crippen LogP contribution in [0.15, 0.2) is 22.9 Å². The minimum Gasteiger partial charge on any atom is -0.475 e. The third-order valence-electron chi connectivity index (χ3n) is 3.18. The normalized spacial score (nSPS) is 13.3. The van der Waals surface area contributed by atoms with E-state index in [9.17, 15) is 4.79 Å². The number of carbonyl (C=O) groups is 1. The number of rotatable bonds is 4. The summed E-state index contributed by atoms with van der Waals surface area (Å²) in [5, 5.41) is 12.0. The van der Waals surface area contributed by atoms with Crippen LogP contribution in [-0.2, 0) is 19.4 Å². The van der Waals surface area contributed by atoms with Gasteiger partial charge in [0.2, 0.25) is 5.76 Å². The highest BCUT2D eigenvalue weighted by molar-refractivity contribution is 5.84. The molecule has 0 aliphatic heterocycles. The fourth-order valence-corrected chi connectivity index (χ4v) is 2.27. The van der Waals surface area contributed by atoms with Gasteiger partial charge < -0.3 is 14.8 Å². The zero-order valence-electron chi connectivity index (χ0n) is 10.2. The van der Waals surface area contributed by atoms with Crippen molar-refractivity contribution in [1.29, 1.82) is 0 Å². The smallest absolute Gasteiger partial charge is 0.371 e. The van der Waals surface area contributed by atoms with Crippen LogP contribution in [0.5, 0.6) is 0 Å². The molecule has 0 radical (unpaired) electrons. The van der Waals surface area contributed by atoms with Gasteiger partial charge in [-0.2, -0.15) is 0 Å². The minimum absolute atomic E-state index is 0.0512. The maximum atomic E-state index is 10.7. The first-order chi connectivity index (χ1) is 9.24. The molecule has 19 heavy (non-hydrogen) atoms. The van der Waals surface area contributed by atoms with Crippen LogP contribution in [0.2, 0.25) is 0 Å². The van der Waals surface area contributed by atoms with Crippen LogP contribution in [0.25, 0.3) is 0 Å². The summed E-state index contributed by atoms with van der Waals surface area (Å²) < 4.78 is 5.18. The summed E-state index contributed by atoms with van der Waals surface area (Å²) in [6.45, 7) is 0.413. The lowest BCUT2D eigenvalue weighted by Crippen LogP contribution is -2.05. The highest BCUT2D eigenvalue weighted by Gasteiger charge is 2.17. The molecule has 6 heteroatoms. The molecule has 2 N–H and O–H groups in total. The zero-order chi connectivity index (χ0) is 13.2. The minimum atomic E-state index is -1.06. The lowest BCUT2D eigenvalue weighted by Gasteiger charge is -2.07. The number of aromatic nitrogens is 2. The van der Waals surface area contributed by atoms with Crippen LogP contribution >= 0.6 is 0 Å². The predicted molar refractivity (Wildman–Crippen MR) is 67.1 cm³/mol. The molecule has 1 aliphatic carbocycles. The van der Waals surface area contributed by atoms with Gasteiger partial charge in [0.1, 0.15) is 17.9 Å². The second kappa shape index (κ2) is 4.72. The summed E-state index contributed by atoms with van der Waals surface area (Å²) in [6.07, 6.45) is 4.64. The standard InChI is InChI=1S/C13H13N3O3/c17-13(18)11-5-4-8(19-11)6-14-12-9-2-1-3-10(9)15-7-16-12/h4-5,7H,1-3,6H2,(H,17,18)(H,14,15,16). The fraction of sp³-hybridized carbons (Fsp3) is 0.308. The Kier molecular flexibility index (Phi) is 2.91. The molecule has 2 heterocycles. The first kappa shape index (κ1) is 11.7. The largest absolute Gasteiger partial charge is 0.475 e. The predicted octanol–water partition coefficient (Wildman–Crippen LogP) is 1.87. The van der Waals surface area contributed by atoms with Crippen molar-refractivity contribution in [3.05, 3.63) is 41.2 Å². The number of anilines is 1. The average molecular weight is 259 g/mol. The van der Waals surface area contributed by atoms with Crippen LogP contribution in [0, 0.1) is 0 Å². The third kappa shape index (κ3) is 2.29. The van der Waals surface area contributed by atoms with Crippen molar-refractivity contribution in [2.24, 2.45) is 0 Å². The molecule has 98 valence electrons. The zero-order valence-corrected chi connectivity index (χ0v) is 10.2. The highest BCUT2D eigenvalue weighted by atomic mass is 16.4. The van der Waals surface area contributed by atoms with Gasteiger partial charge in [0.25, 0.3) is 0 Å². The number of aromatic carboxylic acids is 1. The Morgan fingerprint density at radius 3 is 3.05 bits per heavy atom. The van der Waals surface area contributed by atoms with Gasteiger partial charge in [-0.25, -0.2) is 14.8 Å². The summed E-state index contributed by atoms with van der Waals surface area (Å²) in [5.74, 6) is 0.275. The Bertz CT molecular complexity index is 621. The van der Waals surface area contributed by atoms with Gasteiger partial charge in [-0.3, -0.25) is 0 Å². The molecule has 0 fully saturated rings. The number of aryl methyl sites for hydroxylation is 1. The second-order valence-electron chi connectivity index (χ2n) is 4.43. The van der Waals surface area contributed by atoms with E-state index in [1.807, 2.05) is 0 Å². The number of furan rings is 1.